The molecule has 0 unspecified atom stereocenters. The molecule has 0 fully saturated rings. The largest absolute Gasteiger partial charge is 0.497 e. The van der Waals surface area contributed by atoms with Crippen molar-refractivity contribution < 1.29 is 14.4 Å². The second kappa shape index (κ2) is 12.6. The molecule has 0 aliphatic carbocycles. The molecule has 2 rings (SSSR count). The molecule has 0 aliphatic heterocycles. The van der Waals surface area contributed by atoms with Gasteiger partial charge in [0.05, 0.1) is 19.1 Å². The topological polar surface area (TPSA) is 110 Å². The highest BCUT2D eigenvalue weighted by Gasteiger charge is 2.11. The van der Waals surface area contributed by atoms with Gasteiger partial charge in [0.2, 0.25) is 0 Å². The number of benzene rings is 2. The zero-order valence-electron chi connectivity index (χ0n) is 16.6. The van der Waals surface area contributed by atoms with Crippen LogP contribution >= 0.6 is 24.0 Å². The Hall–Kier alpha value is -2.76. The predicted octanol–water partition coefficient (Wildman–Crippen LogP) is 3.01. The van der Waals surface area contributed by atoms with Gasteiger partial charge in [-0.1, -0.05) is 12.1 Å². The molecular formula is C19H26IN5O4. The van der Waals surface area contributed by atoms with E-state index in [0.717, 1.165) is 17.1 Å². The average molecular weight is 515 g/mol. The highest BCUT2D eigenvalue weighted by Crippen LogP contribution is 2.24. The lowest BCUT2D eigenvalue weighted by molar-refractivity contribution is -0.384. The maximum atomic E-state index is 11.0. The lowest BCUT2D eigenvalue weighted by Gasteiger charge is -2.15. The summed E-state index contributed by atoms with van der Waals surface area (Å²) in [6, 6.07) is 12.2. The monoisotopic (exact) mass is 515 g/mol. The quantitative estimate of drug-likeness (QED) is 0.118. The van der Waals surface area contributed by atoms with Crippen molar-refractivity contribution in [2.24, 2.45) is 4.99 Å². The molecule has 2 aromatic carbocycles. The molecule has 0 heterocycles. The maximum absolute atomic E-state index is 11.0. The van der Waals surface area contributed by atoms with E-state index in [1.165, 1.54) is 6.07 Å². The van der Waals surface area contributed by atoms with Crippen LogP contribution in [0.4, 0.5) is 11.4 Å². The predicted molar refractivity (Wildman–Crippen MR) is 125 cm³/mol. The first-order valence-electron chi connectivity index (χ1n) is 8.71. The van der Waals surface area contributed by atoms with Gasteiger partial charge in [-0.3, -0.25) is 15.1 Å². The number of hydrogen-bond donors (Lipinski definition) is 3. The highest BCUT2D eigenvalue weighted by atomic mass is 127. The minimum absolute atomic E-state index is 0. The van der Waals surface area contributed by atoms with Crippen molar-refractivity contribution >= 4 is 41.3 Å². The van der Waals surface area contributed by atoms with Crippen molar-refractivity contribution in [3.05, 3.63) is 58.1 Å². The minimum atomic E-state index is -0.404. The van der Waals surface area contributed by atoms with Gasteiger partial charge in [0, 0.05) is 44.4 Å². The van der Waals surface area contributed by atoms with Crippen LogP contribution in [0.3, 0.4) is 0 Å². The van der Waals surface area contributed by atoms with Gasteiger partial charge in [-0.2, -0.15) is 0 Å². The Labute approximate surface area is 187 Å². The number of anilines is 1. The summed E-state index contributed by atoms with van der Waals surface area (Å²) in [6.07, 6.45) is 0. The number of guanidine groups is 1. The summed E-state index contributed by atoms with van der Waals surface area (Å²) in [4.78, 5) is 14.8. The molecule has 0 saturated heterocycles. The lowest BCUT2D eigenvalue weighted by atomic mass is 10.2. The lowest BCUT2D eigenvalue weighted by Crippen LogP contribution is -2.39. The van der Waals surface area contributed by atoms with E-state index in [0.29, 0.717) is 31.3 Å². The minimum Gasteiger partial charge on any atom is -0.497 e. The van der Waals surface area contributed by atoms with Crippen molar-refractivity contribution in [3.63, 3.8) is 0 Å². The van der Waals surface area contributed by atoms with Crippen molar-refractivity contribution in [1.29, 1.82) is 0 Å². The Bertz CT molecular complexity index is 832. The highest BCUT2D eigenvalue weighted by molar-refractivity contribution is 14.0. The molecular weight excluding hydrogens is 489 g/mol. The summed E-state index contributed by atoms with van der Waals surface area (Å²) < 4.78 is 10.6. The fourth-order valence-corrected chi connectivity index (χ4v) is 2.56. The number of para-hydroxylation sites is 2. The zero-order valence-corrected chi connectivity index (χ0v) is 18.9. The summed E-state index contributed by atoms with van der Waals surface area (Å²) in [5.41, 5.74) is 1.50. The Morgan fingerprint density at radius 1 is 1.10 bits per heavy atom. The summed E-state index contributed by atoms with van der Waals surface area (Å²) >= 11 is 0. The number of methoxy groups -OCH3 is 2. The van der Waals surface area contributed by atoms with Crippen molar-refractivity contribution in [3.8, 4) is 11.5 Å². The van der Waals surface area contributed by atoms with Crippen LogP contribution in [0.15, 0.2) is 47.5 Å². The Kier molecular flexibility index (Phi) is 10.6. The Balaban J connectivity index is 0.00000420. The number of nitro benzene ring substituents is 1. The molecule has 29 heavy (non-hydrogen) atoms. The van der Waals surface area contributed by atoms with Gasteiger partial charge < -0.3 is 25.4 Å². The van der Waals surface area contributed by atoms with Crippen molar-refractivity contribution in [2.75, 3.05) is 39.7 Å². The van der Waals surface area contributed by atoms with E-state index in [1.54, 1.807) is 39.5 Å². The zero-order chi connectivity index (χ0) is 20.4. The van der Waals surface area contributed by atoms with E-state index < -0.39 is 4.92 Å². The van der Waals surface area contributed by atoms with Crippen LogP contribution in [0.25, 0.3) is 0 Å². The van der Waals surface area contributed by atoms with E-state index in [-0.39, 0.29) is 29.7 Å². The van der Waals surface area contributed by atoms with Crippen molar-refractivity contribution in [1.82, 2.24) is 10.6 Å². The first-order chi connectivity index (χ1) is 13.6. The molecule has 10 heteroatoms. The molecule has 0 atom stereocenters. The third kappa shape index (κ3) is 7.29. The summed E-state index contributed by atoms with van der Waals surface area (Å²) in [5.74, 6) is 2.06. The number of nitrogens with one attached hydrogen (secondary N) is 3. The SMILES string of the molecule is CN=C(NCCNc1ccccc1[N+](=O)[O-])NCc1ccc(OC)cc1OC.I. The second-order valence-electron chi connectivity index (χ2n) is 5.73. The molecule has 9 nitrogen and oxygen atoms in total. The van der Waals surface area contributed by atoms with Crippen LogP contribution < -0.4 is 25.4 Å². The molecule has 0 bridgehead atoms. The second-order valence-corrected chi connectivity index (χ2v) is 5.73. The third-order valence-corrected chi connectivity index (χ3v) is 4.00. The summed E-state index contributed by atoms with van der Waals surface area (Å²) in [6.45, 7) is 1.55. The number of ether oxygens (including phenoxy) is 2. The number of nitro groups is 1. The molecule has 0 aliphatic rings. The van der Waals surface area contributed by atoms with E-state index in [9.17, 15) is 10.1 Å². The molecule has 0 radical (unpaired) electrons. The van der Waals surface area contributed by atoms with Crippen LogP contribution in [0.1, 0.15) is 5.56 Å². The molecule has 0 saturated carbocycles. The number of halogens is 1. The fourth-order valence-electron chi connectivity index (χ4n) is 2.56. The number of aliphatic imine (C=N–C) groups is 1. The van der Waals surface area contributed by atoms with Gasteiger partial charge in [0.25, 0.3) is 5.69 Å². The van der Waals surface area contributed by atoms with Crippen LogP contribution in [-0.4, -0.2) is 45.2 Å². The van der Waals surface area contributed by atoms with Crippen LogP contribution in [0.5, 0.6) is 11.5 Å². The maximum Gasteiger partial charge on any atom is 0.292 e. The van der Waals surface area contributed by atoms with Gasteiger partial charge >= 0.3 is 0 Å². The first kappa shape index (κ1) is 24.3. The Morgan fingerprint density at radius 3 is 2.52 bits per heavy atom. The van der Waals surface area contributed by atoms with Gasteiger partial charge in [0.1, 0.15) is 17.2 Å². The summed E-state index contributed by atoms with van der Waals surface area (Å²) in [7, 11) is 4.90. The van der Waals surface area contributed by atoms with Crippen molar-refractivity contribution in [2.45, 2.75) is 6.54 Å². The summed E-state index contributed by atoms with van der Waals surface area (Å²) in [5, 5.41) is 20.5. The van der Waals surface area contributed by atoms with E-state index in [2.05, 4.69) is 20.9 Å². The standard InChI is InChI=1S/C19H25N5O4.HI/c1-20-19(23-13-14-8-9-15(27-2)12-18(14)28-3)22-11-10-21-16-6-4-5-7-17(16)24(25)26;/h4-9,12,21H,10-11,13H2,1-3H3,(H2,20,22,23);1H. The van der Waals surface area contributed by atoms with Gasteiger partial charge in [-0.15, -0.1) is 24.0 Å². The molecule has 0 spiro atoms. The average Bonchev–Trinajstić information content (AvgIpc) is 2.73. The van der Waals surface area contributed by atoms with Gasteiger partial charge in [-0.05, 0) is 18.2 Å². The van der Waals surface area contributed by atoms with Crippen LogP contribution in [-0.2, 0) is 6.54 Å². The van der Waals surface area contributed by atoms with E-state index in [4.69, 9.17) is 9.47 Å². The van der Waals surface area contributed by atoms with Gasteiger partial charge in [-0.25, -0.2) is 0 Å². The molecule has 0 amide bonds. The fraction of sp³-hybridized carbons (Fsp3) is 0.316. The number of rotatable bonds is 9. The van der Waals surface area contributed by atoms with E-state index in [1.807, 2.05) is 18.2 Å². The molecule has 3 N–H and O–H groups in total. The van der Waals surface area contributed by atoms with Gasteiger partial charge in [0.15, 0.2) is 5.96 Å². The molecule has 0 aromatic heterocycles. The smallest absolute Gasteiger partial charge is 0.292 e. The normalized spacial score (nSPS) is 10.5. The number of hydrogen-bond acceptors (Lipinski definition) is 6. The first-order valence-corrected chi connectivity index (χ1v) is 8.71. The third-order valence-electron chi connectivity index (χ3n) is 4.00. The molecule has 2 aromatic rings. The molecule has 158 valence electrons. The van der Waals surface area contributed by atoms with E-state index >= 15 is 0 Å². The number of nitrogens with zero attached hydrogens (tertiary/aromatic N) is 2. The Morgan fingerprint density at radius 2 is 1.86 bits per heavy atom. The van der Waals surface area contributed by atoms with Crippen LogP contribution in [0.2, 0.25) is 0 Å². The van der Waals surface area contributed by atoms with Crippen LogP contribution in [0, 0.1) is 10.1 Å².